The fourth-order valence-corrected chi connectivity index (χ4v) is 3.14. The molecule has 3 nitrogen and oxygen atoms in total. The lowest BCUT2D eigenvalue weighted by molar-refractivity contribution is -0.137. The van der Waals surface area contributed by atoms with Gasteiger partial charge >= 0.3 is 13.3 Å². The van der Waals surface area contributed by atoms with Crippen molar-refractivity contribution in [2.75, 3.05) is 18.0 Å². The van der Waals surface area contributed by atoms with Gasteiger partial charge in [0.1, 0.15) is 0 Å². The van der Waals surface area contributed by atoms with Gasteiger partial charge in [-0.25, -0.2) is 0 Å². The van der Waals surface area contributed by atoms with Crippen LogP contribution in [-0.2, 0) is 15.5 Å². The Labute approximate surface area is 141 Å². The van der Waals surface area contributed by atoms with E-state index in [2.05, 4.69) is 0 Å². The summed E-state index contributed by atoms with van der Waals surface area (Å²) in [6, 6.07) is 4.41. The first kappa shape index (κ1) is 17.6. The monoisotopic (exact) mass is 341 g/mol. The van der Waals surface area contributed by atoms with E-state index in [4.69, 9.17) is 9.31 Å². The van der Waals surface area contributed by atoms with Crippen molar-refractivity contribution in [3.05, 3.63) is 23.8 Å². The van der Waals surface area contributed by atoms with Crippen LogP contribution in [0.1, 0.15) is 46.1 Å². The number of hydrogen-bond donors (Lipinski definition) is 0. The molecule has 0 aliphatic carbocycles. The van der Waals surface area contributed by atoms with E-state index in [-0.39, 0.29) is 5.69 Å². The molecule has 0 N–H and O–H groups in total. The molecule has 0 spiro atoms. The maximum atomic E-state index is 13.6. The zero-order valence-corrected chi connectivity index (χ0v) is 14.5. The first-order chi connectivity index (χ1) is 11.0. The average Bonchev–Trinajstić information content (AvgIpc) is 3.04. The lowest BCUT2D eigenvalue weighted by Crippen LogP contribution is -2.41. The van der Waals surface area contributed by atoms with Gasteiger partial charge in [-0.3, -0.25) is 0 Å². The first-order valence-electron chi connectivity index (χ1n) is 8.33. The van der Waals surface area contributed by atoms with Gasteiger partial charge in [0.05, 0.1) is 16.8 Å². The third-order valence-electron chi connectivity index (χ3n) is 5.30. The molecule has 7 heteroatoms. The van der Waals surface area contributed by atoms with Gasteiger partial charge < -0.3 is 14.2 Å². The van der Waals surface area contributed by atoms with Crippen LogP contribution in [0.25, 0.3) is 0 Å². The normalized spacial score (nSPS) is 23.1. The SMILES string of the molecule is CC1(C)OB(c2ccc(N3CCCC3)c(C(F)(F)F)c2)OC1(C)C. The second-order valence-electron chi connectivity index (χ2n) is 7.56. The second-order valence-corrected chi connectivity index (χ2v) is 7.56. The zero-order valence-electron chi connectivity index (χ0n) is 14.5. The minimum absolute atomic E-state index is 0.250. The quantitative estimate of drug-likeness (QED) is 0.767. The summed E-state index contributed by atoms with van der Waals surface area (Å²) in [7, 11) is -0.788. The first-order valence-corrected chi connectivity index (χ1v) is 8.33. The number of nitrogens with zero attached hydrogens (tertiary/aromatic N) is 1. The molecule has 132 valence electrons. The Morgan fingerprint density at radius 3 is 2.04 bits per heavy atom. The summed E-state index contributed by atoms with van der Waals surface area (Å²) >= 11 is 0. The number of benzene rings is 1. The molecule has 0 atom stereocenters. The van der Waals surface area contributed by atoms with Gasteiger partial charge in [0.15, 0.2) is 0 Å². The lowest BCUT2D eigenvalue weighted by atomic mass is 9.78. The number of anilines is 1. The van der Waals surface area contributed by atoms with E-state index in [0.29, 0.717) is 18.6 Å². The molecule has 1 aromatic carbocycles. The van der Waals surface area contributed by atoms with Crippen LogP contribution in [0.4, 0.5) is 18.9 Å². The van der Waals surface area contributed by atoms with Crippen LogP contribution in [0.15, 0.2) is 18.2 Å². The summed E-state index contributed by atoms with van der Waals surface area (Å²) in [5.74, 6) is 0. The number of hydrogen-bond acceptors (Lipinski definition) is 3. The Hall–Kier alpha value is -1.21. The highest BCUT2D eigenvalue weighted by molar-refractivity contribution is 6.62. The van der Waals surface area contributed by atoms with Crippen LogP contribution in [-0.4, -0.2) is 31.4 Å². The molecule has 0 saturated carbocycles. The van der Waals surface area contributed by atoms with Crippen molar-refractivity contribution in [1.82, 2.24) is 0 Å². The van der Waals surface area contributed by atoms with Crippen LogP contribution >= 0.6 is 0 Å². The highest BCUT2D eigenvalue weighted by Gasteiger charge is 2.52. The topological polar surface area (TPSA) is 21.7 Å². The Kier molecular flexibility index (Phi) is 4.16. The highest BCUT2D eigenvalue weighted by atomic mass is 19.4. The van der Waals surface area contributed by atoms with Gasteiger partial charge in [0.2, 0.25) is 0 Å². The molecule has 2 saturated heterocycles. The van der Waals surface area contributed by atoms with E-state index in [1.54, 1.807) is 17.0 Å². The molecule has 2 heterocycles. The molecule has 3 rings (SSSR count). The van der Waals surface area contributed by atoms with Gasteiger partial charge in [-0.05, 0) is 58.1 Å². The zero-order chi connectivity index (χ0) is 17.8. The molecule has 24 heavy (non-hydrogen) atoms. The predicted molar refractivity (Wildman–Crippen MR) is 88.6 cm³/mol. The second kappa shape index (κ2) is 5.66. The molecule has 0 amide bonds. The molecule has 0 radical (unpaired) electrons. The standard InChI is InChI=1S/C17H23BF3NO2/c1-15(2)16(3,4)24-18(23-15)12-7-8-14(22-9-5-6-10-22)13(11-12)17(19,20)21/h7-8,11H,5-6,9-10H2,1-4H3. The number of alkyl halides is 3. The summed E-state index contributed by atoms with van der Waals surface area (Å²) in [5.41, 5.74) is -1.12. The van der Waals surface area contributed by atoms with Gasteiger partial charge in [0.25, 0.3) is 0 Å². The predicted octanol–water partition coefficient (Wildman–Crippen LogP) is 3.60. The summed E-state index contributed by atoms with van der Waals surface area (Å²) in [6.07, 6.45) is -2.55. The summed E-state index contributed by atoms with van der Waals surface area (Å²) in [5, 5.41) is 0. The van der Waals surface area contributed by atoms with Crippen molar-refractivity contribution in [1.29, 1.82) is 0 Å². The van der Waals surface area contributed by atoms with Gasteiger partial charge in [-0.1, -0.05) is 6.07 Å². The summed E-state index contributed by atoms with van der Waals surface area (Å²) in [4.78, 5) is 1.80. The Morgan fingerprint density at radius 2 is 1.54 bits per heavy atom. The van der Waals surface area contributed by atoms with Crippen LogP contribution < -0.4 is 10.4 Å². The smallest absolute Gasteiger partial charge is 0.399 e. The summed E-state index contributed by atoms with van der Waals surface area (Å²) < 4.78 is 52.5. The minimum atomic E-state index is -4.41. The van der Waals surface area contributed by atoms with Gasteiger partial charge in [-0.2, -0.15) is 13.2 Å². The molecular formula is C17H23BF3NO2. The lowest BCUT2D eigenvalue weighted by Gasteiger charge is -2.32. The summed E-state index contributed by atoms with van der Waals surface area (Å²) in [6.45, 7) is 8.87. The van der Waals surface area contributed by atoms with Crippen molar-refractivity contribution >= 4 is 18.3 Å². The molecule has 2 aliphatic heterocycles. The Morgan fingerprint density at radius 1 is 1.00 bits per heavy atom. The van der Waals surface area contributed by atoms with Crippen molar-refractivity contribution in [2.24, 2.45) is 0 Å². The van der Waals surface area contributed by atoms with Crippen LogP contribution in [0.2, 0.25) is 0 Å². The molecule has 2 aliphatic rings. The van der Waals surface area contributed by atoms with Crippen molar-refractivity contribution in [3.8, 4) is 0 Å². The van der Waals surface area contributed by atoms with E-state index in [0.717, 1.165) is 12.8 Å². The molecule has 0 bridgehead atoms. The maximum absolute atomic E-state index is 13.6. The van der Waals surface area contributed by atoms with Crippen LogP contribution in [0.5, 0.6) is 0 Å². The number of rotatable bonds is 2. The van der Waals surface area contributed by atoms with Crippen LogP contribution in [0.3, 0.4) is 0 Å². The fraction of sp³-hybridized carbons (Fsp3) is 0.647. The van der Waals surface area contributed by atoms with E-state index in [9.17, 15) is 13.2 Å². The maximum Gasteiger partial charge on any atom is 0.494 e. The molecule has 1 aromatic rings. The van der Waals surface area contributed by atoms with E-state index < -0.39 is 30.1 Å². The Bertz CT molecular complexity index is 609. The molecule has 0 aromatic heterocycles. The van der Waals surface area contributed by atoms with Crippen molar-refractivity contribution < 1.29 is 22.5 Å². The van der Waals surface area contributed by atoms with E-state index in [1.165, 1.54) is 6.07 Å². The van der Waals surface area contributed by atoms with Crippen molar-refractivity contribution in [2.45, 2.75) is 57.9 Å². The average molecular weight is 341 g/mol. The van der Waals surface area contributed by atoms with E-state index in [1.807, 2.05) is 27.7 Å². The van der Waals surface area contributed by atoms with Gasteiger partial charge in [-0.15, -0.1) is 0 Å². The number of halogens is 3. The largest absolute Gasteiger partial charge is 0.494 e. The molecule has 0 unspecified atom stereocenters. The Balaban J connectivity index is 1.97. The van der Waals surface area contributed by atoms with Crippen LogP contribution in [0, 0.1) is 0 Å². The third kappa shape index (κ3) is 3.04. The molecule has 2 fully saturated rings. The van der Waals surface area contributed by atoms with Gasteiger partial charge in [0, 0.05) is 18.8 Å². The minimum Gasteiger partial charge on any atom is -0.399 e. The highest BCUT2D eigenvalue weighted by Crippen LogP contribution is 2.39. The third-order valence-corrected chi connectivity index (χ3v) is 5.30. The fourth-order valence-electron chi connectivity index (χ4n) is 3.14. The van der Waals surface area contributed by atoms with Crippen molar-refractivity contribution in [3.63, 3.8) is 0 Å². The van der Waals surface area contributed by atoms with E-state index >= 15 is 0 Å². The molecular weight excluding hydrogens is 318 g/mol.